The highest BCUT2D eigenvalue weighted by Crippen LogP contribution is 2.16. The minimum atomic E-state index is -0.905. The molecular weight excluding hydrogens is 220 g/mol. The summed E-state index contributed by atoms with van der Waals surface area (Å²) < 4.78 is 1.62. The van der Waals surface area contributed by atoms with Crippen molar-refractivity contribution in [1.82, 2.24) is 14.8 Å². The number of aromatic nitrogens is 3. The molecule has 1 atom stereocenters. The molecule has 3 N–H and O–H groups in total. The van der Waals surface area contributed by atoms with Crippen LogP contribution in [0.3, 0.4) is 0 Å². The van der Waals surface area contributed by atoms with E-state index >= 15 is 0 Å². The summed E-state index contributed by atoms with van der Waals surface area (Å²) in [6.07, 6.45) is 2.96. The molecule has 0 bridgehead atoms. The van der Waals surface area contributed by atoms with E-state index in [2.05, 4.69) is 10.1 Å². The van der Waals surface area contributed by atoms with E-state index in [-0.39, 0.29) is 6.42 Å². The van der Waals surface area contributed by atoms with Gasteiger partial charge in [0.1, 0.15) is 12.7 Å². The van der Waals surface area contributed by atoms with Gasteiger partial charge in [0.2, 0.25) is 0 Å². The average Bonchev–Trinajstić information content (AvgIpc) is 2.82. The molecule has 0 aliphatic carbocycles. The van der Waals surface area contributed by atoms with Crippen molar-refractivity contribution in [3.05, 3.63) is 42.5 Å². The molecule has 1 aromatic heterocycles. The zero-order chi connectivity index (χ0) is 12.3. The van der Waals surface area contributed by atoms with Crippen LogP contribution in [0.1, 0.15) is 18.0 Å². The van der Waals surface area contributed by atoms with E-state index in [0.29, 0.717) is 0 Å². The Morgan fingerprint density at radius 2 is 2.12 bits per heavy atom. The Morgan fingerprint density at radius 1 is 1.41 bits per heavy atom. The third-order valence-electron chi connectivity index (χ3n) is 2.40. The monoisotopic (exact) mass is 232 g/mol. The minimum absolute atomic E-state index is 0.0807. The molecule has 88 valence electrons. The molecule has 0 aliphatic rings. The van der Waals surface area contributed by atoms with Gasteiger partial charge in [0.05, 0.1) is 12.1 Å². The standard InChI is InChI=1S/C11H12N4O2/c12-10(5-11(16)17)8-1-3-9(4-2-8)15-7-13-6-14-15/h1-4,6-7,10H,5,12H2,(H,16,17). The molecule has 2 aromatic rings. The maximum Gasteiger partial charge on any atom is 0.305 e. The molecule has 0 saturated heterocycles. The Kier molecular flexibility index (Phi) is 3.15. The van der Waals surface area contributed by atoms with Crippen molar-refractivity contribution in [2.24, 2.45) is 5.73 Å². The third kappa shape index (κ3) is 2.67. The smallest absolute Gasteiger partial charge is 0.305 e. The Morgan fingerprint density at radius 3 is 2.65 bits per heavy atom. The topological polar surface area (TPSA) is 94.0 Å². The second-order valence-corrected chi connectivity index (χ2v) is 3.64. The van der Waals surface area contributed by atoms with Crippen molar-refractivity contribution >= 4 is 5.97 Å². The quantitative estimate of drug-likeness (QED) is 0.810. The van der Waals surface area contributed by atoms with Crippen molar-refractivity contribution in [3.63, 3.8) is 0 Å². The van der Waals surface area contributed by atoms with Gasteiger partial charge in [0.15, 0.2) is 0 Å². The van der Waals surface area contributed by atoms with Gasteiger partial charge < -0.3 is 10.8 Å². The zero-order valence-corrected chi connectivity index (χ0v) is 9.02. The first-order valence-corrected chi connectivity index (χ1v) is 5.09. The Balaban J connectivity index is 2.15. The fourth-order valence-corrected chi connectivity index (χ4v) is 1.52. The second kappa shape index (κ2) is 4.75. The van der Waals surface area contributed by atoms with Crippen LogP contribution in [0.5, 0.6) is 0 Å². The molecule has 2 rings (SSSR count). The summed E-state index contributed by atoms with van der Waals surface area (Å²) in [7, 11) is 0. The van der Waals surface area contributed by atoms with Gasteiger partial charge in [-0.1, -0.05) is 12.1 Å². The number of aliphatic carboxylic acids is 1. The van der Waals surface area contributed by atoms with E-state index in [0.717, 1.165) is 11.3 Å². The summed E-state index contributed by atoms with van der Waals surface area (Å²) in [5.74, 6) is -0.905. The number of carboxylic acids is 1. The fraction of sp³-hybridized carbons (Fsp3) is 0.182. The molecular formula is C11H12N4O2. The number of nitrogens with two attached hydrogens (primary N) is 1. The van der Waals surface area contributed by atoms with E-state index in [4.69, 9.17) is 10.8 Å². The van der Waals surface area contributed by atoms with E-state index in [9.17, 15) is 4.79 Å². The third-order valence-corrected chi connectivity index (χ3v) is 2.40. The summed E-state index contributed by atoms with van der Waals surface area (Å²) in [4.78, 5) is 14.4. The van der Waals surface area contributed by atoms with Crippen LogP contribution in [0.15, 0.2) is 36.9 Å². The lowest BCUT2D eigenvalue weighted by atomic mass is 10.0. The van der Waals surface area contributed by atoms with Crippen LogP contribution in [0.4, 0.5) is 0 Å². The molecule has 1 aromatic carbocycles. The van der Waals surface area contributed by atoms with Crippen LogP contribution < -0.4 is 5.73 Å². The van der Waals surface area contributed by atoms with E-state index in [1.54, 1.807) is 23.1 Å². The normalized spacial score (nSPS) is 12.3. The number of hydrogen-bond donors (Lipinski definition) is 2. The van der Waals surface area contributed by atoms with E-state index in [1.807, 2.05) is 12.1 Å². The molecule has 6 heteroatoms. The van der Waals surface area contributed by atoms with Crippen molar-refractivity contribution < 1.29 is 9.90 Å². The van der Waals surface area contributed by atoms with Gasteiger partial charge in [-0.15, -0.1) is 0 Å². The summed E-state index contributed by atoms with van der Waals surface area (Å²) >= 11 is 0. The highest BCUT2D eigenvalue weighted by Gasteiger charge is 2.10. The SMILES string of the molecule is NC(CC(=O)O)c1ccc(-n2cncn2)cc1. The Bertz CT molecular complexity index is 493. The van der Waals surface area contributed by atoms with E-state index in [1.165, 1.54) is 6.33 Å². The predicted molar refractivity (Wildman–Crippen MR) is 60.5 cm³/mol. The first-order valence-electron chi connectivity index (χ1n) is 5.09. The lowest BCUT2D eigenvalue weighted by Gasteiger charge is -2.09. The number of nitrogens with zero attached hydrogens (tertiary/aromatic N) is 3. The number of benzene rings is 1. The van der Waals surface area contributed by atoms with Crippen LogP contribution in [0.2, 0.25) is 0 Å². The Hall–Kier alpha value is -2.21. The molecule has 0 fully saturated rings. The van der Waals surface area contributed by atoms with Gasteiger partial charge in [-0.05, 0) is 17.7 Å². The van der Waals surface area contributed by atoms with Crippen LogP contribution in [-0.2, 0) is 4.79 Å². The van der Waals surface area contributed by atoms with Crippen LogP contribution in [0, 0.1) is 0 Å². The number of carbonyl (C=O) groups is 1. The Labute approximate surface area is 97.7 Å². The molecule has 0 spiro atoms. The molecule has 0 saturated carbocycles. The highest BCUT2D eigenvalue weighted by molar-refractivity contribution is 5.67. The zero-order valence-electron chi connectivity index (χ0n) is 9.02. The molecule has 6 nitrogen and oxygen atoms in total. The summed E-state index contributed by atoms with van der Waals surface area (Å²) in [5.41, 5.74) is 7.39. The van der Waals surface area contributed by atoms with Gasteiger partial charge in [-0.2, -0.15) is 5.10 Å². The molecule has 0 radical (unpaired) electrons. The number of hydrogen-bond acceptors (Lipinski definition) is 4. The maximum atomic E-state index is 10.5. The first-order chi connectivity index (χ1) is 8.16. The van der Waals surface area contributed by atoms with Crippen molar-refractivity contribution in [2.45, 2.75) is 12.5 Å². The first kappa shape index (κ1) is 11.3. The average molecular weight is 232 g/mol. The molecule has 1 unspecified atom stereocenters. The van der Waals surface area contributed by atoms with Crippen molar-refractivity contribution in [1.29, 1.82) is 0 Å². The van der Waals surface area contributed by atoms with Gasteiger partial charge in [-0.25, -0.2) is 9.67 Å². The van der Waals surface area contributed by atoms with Gasteiger partial charge in [-0.3, -0.25) is 4.79 Å². The van der Waals surface area contributed by atoms with Crippen LogP contribution in [0.25, 0.3) is 5.69 Å². The lowest BCUT2D eigenvalue weighted by Crippen LogP contribution is -2.14. The summed E-state index contributed by atoms with van der Waals surface area (Å²) in [6.45, 7) is 0. The summed E-state index contributed by atoms with van der Waals surface area (Å²) in [5, 5.41) is 12.6. The van der Waals surface area contributed by atoms with Crippen molar-refractivity contribution in [2.75, 3.05) is 0 Å². The number of rotatable bonds is 4. The summed E-state index contributed by atoms with van der Waals surface area (Å²) in [6, 6.07) is 6.75. The van der Waals surface area contributed by atoms with Gasteiger partial charge in [0, 0.05) is 6.04 Å². The second-order valence-electron chi connectivity index (χ2n) is 3.64. The molecule has 0 amide bonds. The fourth-order valence-electron chi connectivity index (χ4n) is 1.52. The van der Waals surface area contributed by atoms with Gasteiger partial charge in [0.25, 0.3) is 0 Å². The molecule has 17 heavy (non-hydrogen) atoms. The number of carboxylic acid groups (broad SMARTS) is 1. The maximum absolute atomic E-state index is 10.5. The predicted octanol–water partition coefficient (Wildman–Crippen LogP) is 0.742. The van der Waals surface area contributed by atoms with E-state index < -0.39 is 12.0 Å². The van der Waals surface area contributed by atoms with Crippen molar-refractivity contribution in [3.8, 4) is 5.69 Å². The molecule has 0 aliphatic heterocycles. The largest absolute Gasteiger partial charge is 0.481 e. The molecule has 1 heterocycles. The lowest BCUT2D eigenvalue weighted by molar-refractivity contribution is -0.137. The van der Waals surface area contributed by atoms with Gasteiger partial charge >= 0.3 is 5.97 Å². The highest BCUT2D eigenvalue weighted by atomic mass is 16.4. The van der Waals surface area contributed by atoms with Crippen LogP contribution in [-0.4, -0.2) is 25.8 Å². The minimum Gasteiger partial charge on any atom is -0.481 e. The van der Waals surface area contributed by atoms with Crippen LogP contribution >= 0.6 is 0 Å².